The quantitative estimate of drug-likeness (QED) is 0.444. The summed E-state index contributed by atoms with van der Waals surface area (Å²) in [6, 6.07) is 0. The van der Waals surface area contributed by atoms with Gasteiger partial charge in [-0.1, -0.05) is 19.4 Å². The van der Waals surface area contributed by atoms with Gasteiger partial charge in [-0.3, -0.25) is 14.4 Å². The second kappa shape index (κ2) is 9.07. The molecule has 35 heavy (non-hydrogen) atoms. The number of ether oxygens (including phenoxy) is 3. The number of hydrogen-bond acceptors (Lipinski definition) is 7. The van der Waals surface area contributed by atoms with Gasteiger partial charge >= 0.3 is 5.97 Å². The molecule has 0 heterocycles. The monoisotopic (exact) mass is 490 g/mol. The zero-order valence-electron chi connectivity index (χ0n) is 22.1. The predicted molar refractivity (Wildman–Crippen MR) is 129 cm³/mol. The summed E-state index contributed by atoms with van der Waals surface area (Å²) >= 11 is 0. The lowest BCUT2D eigenvalue weighted by molar-refractivity contribution is -0.217. The second-order valence-electron chi connectivity index (χ2n) is 12.7. The van der Waals surface area contributed by atoms with Crippen molar-refractivity contribution in [2.75, 3.05) is 20.5 Å². The number of carbonyl (C=O) groups is 3. The van der Waals surface area contributed by atoms with Crippen LogP contribution in [0.1, 0.15) is 79.6 Å². The van der Waals surface area contributed by atoms with E-state index in [0.717, 1.165) is 25.7 Å². The minimum Gasteiger partial charge on any atom is -0.457 e. The molecule has 0 unspecified atom stereocenters. The molecule has 3 fully saturated rings. The van der Waals surface area contributed by atoms with Crippen molar-refractivity contribution in [3.63, 3.8) is 0 Å². The van der Waals surface area contributed by atoms with Crippen molar-refractivity contribution in [3.8, 4) is 0 Å². The van der Waals surface area contributed by atoms with Gasteiger partial charge in [-0.25, -0.2) is 0 Å². The van der Waals surface area contributed by atoms with Crippen molar-refractivity contribution in [1.82, 2.24) is 0 Å². The number of methoxy groups -OCH3 is 1. The third kappa shape index (κ3) is 4.11. The highest BCUT2D eigenvalue weighted by atomic mass is 16.7. The Morgan fingerprint density at radius 2 is 1.86 bits per heavy atom. The summed E-state index contributed by atoms with van der Waals surface area (Å²) in [5, 5.41) is 11.7. The molecule has 0 aromatic rings. The number of allylic oxidation sites excluding steroid dienone is 1. The van der Waals surface area contributed by atoms with Crippen molar-refractivity contribution in [1.29, 1.82) is 0 Å². The Morgan fingerprint density at radius 1 is 1.14 bits per heavy atom. The van der Waals surface area contributed by atoms with Crippen LogP contribution >= 0.6 is 0 Å². The van der Waals surface area contributed by atoms with Crippen LogP contribution < -0.4 is 0 Å². The maximum absolute atomic E-state index is 13.8. The number of Topliss-reactive ketones (excluding diaryl/α,β-unsaturated/α-hetero) is 1. The molecule has 0 aliphatic heterocycles. The van der Waals surface area contributed by atoms with Gasteiger partial charge in [0, 0.05) is 18.9 Å². The number of carbonyl (C=O) groups excluding carboxylic acids is 3. The zero-order valence-corrected chi connectivity index (χ0v) is 22.1. The first-order valence-corrected chi connectivity index (χ1v) is 13.1. The van der Waals surface area contributed by atoms with Crippen LogP contribution in [-0.2, 0) is 28.6 Å². The van der Waals surface area contributed by atoms with Crippen molar-refractivity contribution < 1.29 is 33.7 Å². The number of ketones is 2. The SMILES string of the molecule is COCO[C@]1(C(=O)COC(=O)C(C)(C)C)CC[C@H]2[C@@H]3CCC4=CC(=O)CC[C@]4(C)[C@H]3[C@@H](O)C[C@@]21C. The molecule has 7 atom stereocenters. The van der Waals surface area contributed by atoms with E-state index in [9.17, 15) is 19.5 Å². The van der Waals surface area contributed by atoms with E-state index < -0.39 is 28.5 Å². The fraction of sp³-hybridized carbons (Fsp3) is 0.821. The van der Waals surface area contributed by atoms with Gasteiger partial charge in [-0.2, -0.15) is 0 Å². The van der Waals surface area contributed by atoms with Crippen molar-refractivity contribution in [2.45, 2.75) is 91.3 Å². The Bertz CT molecular complexity index is 917. The molecule has 0 saturated heterocycles. The van der Waals surface area contributed by atoms with E-state index in [-0.39, 0.29) is 48.1 Å². The van der Waals surface area contributed by atoms with E-state index in [1.165, 1.54) is 12.7 Å². The molecule has 4 rings (SSSR count). The van der Waals surface area contributed by atoms with Crippen LogP contribution in [-0.4, -0.2) is 54.9 Å². The summed E-state index contributed by atoms with van der Waals surface area (Å²) in [6.45, 7) is 9.17. The third-order valence-electron chi connectivity index (χ3n) is 9.84. The molecule has 0 aromatic heterocycles. The lowest BCUT2D eigenvalue weighted by atomic mass is 9.45. The van der Waals surface area contributed by atoms with E-state index in [1.54, 1.807) is 20.8 Å². The highest BCUT2D eigenvalue weighted by Gasteiger charge is 2.69. The van der Waals surface area contributed by atoms with E-state index >= 15 is 0 Å². The number of fused-ring (bicyclic) bond motifs is 5. The second-order valence-corrected chi connectivity index (χ2v) is 12.7. The zero-order chi connectivity index (χ0) is 25.8. The fourth-order valence-electron chi connectivity index (χ4n) is 8.07. The molecule has 0 aromatic carbocycles. The van der Waals surface area contributed by atoms with E-state index in [1.807, 2.05) is 6.08 Å². The van der Waals surface area contributed by atoms with Crippen LogP contribution in [0.25, 0.3) is 0 Å². The molecule has 0 amide bonds. The van der Waals surface area contributed by atoms with Gasteiger partial charge in [0.2, 0.25) is 5.78 Å². The largest absolute Gasteiger partial charge is 0.457 e. The molecule has 7 nitrogen and oxygen atoms in total. The van der Waals surface area contributed by atoms with Crippen LogP contribution in [0, 0.1) is 34.0 Å². The summed E-state index contributed by atoms with van der Waals surface area (Å²) in [5.41, 5.74) is -1.51. The molecular weight excluding hydrogens is 448 g/mol. The van der Waals surface area contributed by atoms with Crippen molar-refractivity contribution in [2.24, 2.45) is 34.0 Å². The smallest absolute Gasteiger partial charge is 0.311 e. The number of esters is 1. The summed E-state index contributed by atoms with van der Waals surface area (Å²) in [5.74, 6) is -0.0191. The van der Waals surface area contributed by atoms with Crippen LogP contribution in [0.2, 0.25) is 0 Å². The molecule has 4 aliphatic carbocycles. The van der Waals surface area contributed by atoms with E-state index in [0.29, 0.717) is 19.3 Å². The van der Waals surface area contributed by atoms with Crippen molar-refractivity contribution >= 4 is 17.5 Å². The van der Waals surface area contributed by atoms with Gasteiger partial charge in [0.05, 0.1) is 11.5 Å². The first-order valence-electron chi connectivity index (χ1n) is 13.1. The molecule has 0 radical (unpaired) electrons. The maximum atomic E-state index is 13.8. The first kappa shape index (κ1) is 26.5. The Balaban J connectivity index is 1.65. The van der Waals surface area contributed by atoms with Crippen LogP contribution in [0.5, 0.6) is 0 Å². The van der Waals surface area contributed by atoms with E-state index in [4.69, 9.17) is 14.2 Å². The Hall–Kier alpha value is -1.57. The van der Waals surface area contributed by atoms with Crippen LogP contribution in [0.4, 0.5) is 0 Å². The fourth-order valence-corrected chi connectivity index (χ4v) is 8.07. The predicted octanol–water partition coefficient (Wildman–Crippen LogP) is 4.01. The summed E-state index contributed by atoms with van der Waals surface area (Å²) in [6.07, 6.45) is 6.00. The van der Waals surface area contributed by atoms with E-state index in [2.05, 4.69) is 13.8 Å². The molecule has 4 aliphatic rings. The lowest BCUT2D eigenvalue weighted by Crippen LogP contribution is -2.63. The number of rotatable bonds is 6. The maximum Gasteiger partial charge on any atom is 0.311 e. The van der Waals surface area contributed by atoms with Crippen molar-refractivity contribution in [3.05, 3.63) is 11.6 Å². The van der Waals surface area contributed by atoms with Gasteiger partial charge in [0.1, 0.15) is 12.4 Å². The molecule has 1 N–H and O–H groups in total. The minimum atomic E-state index is -1.18. The molecule has 196 valence electrons. The number of hydrogen-bond donors (Lipinski definition) is 1. The Morgan fingerprint density at radius 3 is 2.51 bits per heavy atom. The Kier molecular flexibility index (Phi) is 6.87. The van der Waals surface area contributed by atoms with Gasteiger partial charge in [-0.05, 0) is 88.5 Å². The minimum absolute atomic E-state index is 0.0435. The van der Waals surface area contributed by atoms with Gasteiger partial charge < -0.3 is 19.3 Å². The Labute approximate surface area is 208 Å². The van der Waals surface area contributed by atoms with Crippen LogP contribution in [0.15, 0.2) is 11.6 Å². The summed E-state index contributed by atoms with van der Waals surface area (Å²) in [4.78, 5) is 38.3. The molecule has 0 bridgehead atoms. The average molecular weight is 491 g/mol. The third-order valence-corrected chi connectivity index (χ3v) is 9.84. The number of aliphatic hydroxyl groups excluding tert-OH is 1. The molecule has 3 saturated carbocycles. The molecule has 7 heteroatoms. The van der Waals surface area contributed by atoms with Gasteiger partial charge in [-0.15, -0.1) is 0 Å². The first-order chi connectivity index (χ1) is 16.3. The normalized spacial score (nSPS) is 40.9. The summed E-state index contributed by atoms with van der Waals surface area (Å²) < 4.78 is 16.9. The summed E-state index contributed by atoms with van der Waals surface area (Å²) in [7, 11) is 1.53. The average Bonchev–Trinajstić information content (AvgIpc) is 3.07. The molecule has 0 spiro atoms. The highest BCUT2D eigenvalue weighted by Crippen LogP contribution is 2.68. The van der Waals surface area contributed by atoms with Gasteiger partial charge in [0.25, 0.3) is 0 Å². The topological polar surface area (TPSA) is 99.1 Å². The lowest BCUT2D eigenvalue weighted by Gasteiger charge is -2.61. The van der Waals surface area contributed by atoms with Crippen LogP contribution in [0.3, 0.4) is 0 Å². The molecular formula is C28H42O7. The standard InChI is InChI=1S/C28H42O7/c1-25(2,3)24(32)34-15-22(31)28(35-16-33-6)12-10-20-19-8-7-17-13-18(29)9-11-26(17,4)23(19)21(30)14-27(20,28)5/h13,19-21,23,30H,7-12,14-16H2,1-6H3/t19-,20-,21-,23+,26-,27-,28-/m0/s1. The highest BCUT2D eigenvalue weighted by molar-refractivity contribution is 5.92. The number of aliphatic hydroxyl groups is 1. The van der Waals surface area contributed by atoms with Gasteiger partial charge in [0.15, 0.2) is 12.4 Å².